The standard InChI is InChI=1S/C13H17BrN4O2/c1-4-15-8(2)12-17-18-13(20-12)16-11-7-9(19-3)5-6-10(11)14/h5-8,15H,4H2,1-3H3,(H,16,18). The first-order chi connectivity index (χ1) is 9.63. The third kappa shape index (κ3) is 3.49. The van der Waals surface area contributed by atoms with Gasteiger partial charge in [0.1, 0.15) is 5.75 Å². The van der Waals surface area contributed by atoms with Crippen LogP contribution in [0.5, 0.6) is 5.75 Å². The van der Waals surface area contributed by atoms with Crippen molar-refractivity contribution in [3.8, 4) is 5.75 Å². The van der Waals surface area contributed by atoms with Gasteiger partial charge in [0.2, 0.25) is 5.89 Å². The fraction of sp³-hybridized carbons (Fsp3) is 0.385. The van der Waals surface area contributed by atoms with E-state index in [1.165, 1.54) is 0 Å². The molecule has 0 bridgehead atoms. The summed E-state index contributed by atoms with van der Waals surface area (Å²) in [6.07, 6.45) is 0. The molecule has 2 rings (SSSR count). The van der Waals surface area contributed by atoms with Crippen molar-refractivity contribution in [3.63, 3.8) is 0 Å². The Kier molecular flexibility index (Phi) is 4.97. The van der Waals surface area contributed by atoms with Crippen molar-refractivity contribution in [3.05, 3.63) is 28.6 Å². The first kappa shape index (κ1) is 14.8. The zero-order valence-corrected chi connectivity index (χ0v) is 13.2. The van der Waals surface area contributed by atoms with Gasteiger partial charge in [0.05, 0.1) is 18.8 Å². The Morgan fingerprint density at radius 2 is 2.20 bits per heavy atom. The van der Waals surface area contributed by atoms with Gasteiger partial charge >= 0.3 is 6.01 Å². The summed E-state index contributed by atoms with van der Waals surface area (Å²) in [5.41, 5.74) is 0.802. The zero-order chi connectivity index (χ0) is 14.5. The van der Waals surface area contributed by atoms with E-state index in [-0.39, 0.29) is 6.04 Å². The summed E-state index contributed by atoms with van der Waals surface area (Å²) >= 11 is 3.46. The van der Waals surface area contributed by atoms with Crippen LogP contribution in [0.15, 0.2) is 27.1 Å². The molecular weight excluding hydrogens is 324 g/mol. The molecule has 1 atom stereocenters. The van der Waals surface area contributed by atoms with Crippen molar-refractivity contribution in [1.82, 2.24) is 15.5 Å². The normalized spacial score (nSPS) is 12.2. The van der Waals surface area contributed by atoms with Crippen LogP contribution in [0, 0.1) is 0 Å². The van der Waals surface area contributed by atoms with Crippen molar-refractivity contribution >= 4 is 27.6 Å². The molecule has 2 N–H and O–H groups in total. The minimum atomic E-state index is 0.0248. The third-order valence-corrected chi connectivity index (χ3v) is 3.43. The Hall–Kier alpha value is -1.60. The molecule has 1 unspecified atom stereocenters. The third-order valence-electron chi connectivity index (χ3n) is 2.74. The van der Waals surface area contributed by atoms with Gasteiger partial charge in [0.15, 0.2) is 0 Å². The number of rotatable bonds is 6. The number of aromatic nitrogens is 2. The number of benzene rings is 1. The first-order valence-electron chi connectivity index (χ1n) is 6.31. The van der Waals surface area contributed by atoms with Gasteiger partial charge in [0.25, 0.3) is 0 Å². The van der Waals surface area contributed by atoms with Crippen molar-refractivity contribution in [2.75, 3.05) is 19.0 Å². The Bertz CT molecular complexity index is 573. The van der Waals surface area contributed by atoms with E-state index in [4.69, 9.17) is 9.15 Å². The van der Waals surface area contributed by atoms with E-state index in [0.29, 0.717) is 11.9 Å². The van der Waals surface area contributed by atoms with E-state index in [9.17, 15) is 0 Å². The molecule has 1 heterocycles. The number of methoxy groups -OCH3 is 1. The monoisotopic (exact) mass is 340 g/mol. The highest BCUT2D eigenvalue weighted by atomic mass is 79.9. The van der Waals surface area contributed by atoms with Gasteiger partial charge in [-0.15, -0.1) is 5.10 Å². The molecule has 20 heavy (non-hydrogen) atoms. The highest BCUT2D eigenvalue weighted by molar-refractivity contribution is 9.10. The maximum Gasteiger partial charge on any atom is 0.320 e. The predicted molar refractivity (Wildman–Crippen MR) is 80.4 cm³/mol. The van der Waals surface area contributed by atoms with Crippen LogP contribution in [0.2, 0.25) is 0 Å². The quantitative estimate of drug-likeness (QED) is 0.840. The molecule has 0 amide bonds. The summed E-state index contributed by atoms with van der Waals surface area (Å²) in [7, 11) is 1.62. The average molecular weight is 341 g/mol. The summed E-state index contributed by atoms with van der Waals surface area (Å²) in [4.78, 5) is 0. The van der Waals surface area contributed by atoms with E-state index >= 15 is 0 Å². The Balaban J connectivity index is 2.14. The van der Waals surface area contributed by atoms with E-state index < -0.39 is 0 Å². The molecule has 7 heteroatoms. The van der Waals surface area contributed by atoms with Gasteiger partial charge in [-0.1, -0.05) is 12.0 Å². The van der Waals surface area contributed by atoms with Crippen molar-refractivity contribution in [2.24, 2.45) is 0 Å². The Morgan fingerprint density at radius 3 is 2.90 bits per heavy atom. The fourth-order valence-corrected chi connectivity index (χ4v) is 2.04. The number of nitrogens with one attached hydrogen (secondary N) is 2. The smallest absolute Gasteiger partial charge is 0.320 e. The van der Waals surface area contributed by atoms with Gasteiger partial charge in [0, 0.05) is 10.5 Å². The van der Waals surface area contributed by atoms with Crippen LogP contribution in [-0.4, -0.2) is 23.9 Å². The lowest BCUT2D eigenvalue weighted by molar-refractivity contribution is 0.415. The molecule has 0 fully saturated rings. The highest BCUT2D eigenvalue weighted by Crippen LogP contribution is 2.29. The summed E-state index contributed by atoms with van der Waals surface area (Å²) in [6.45, 7) is 4.84. The largest absolute Gasteiger partial charge is 0.497 e. The Labute approximate surface area is 126 Å². The SMILES string of the molecule is CCNC(C)c1nnc(Nc2cc(OC)ccc2Br)o1. The summed E-state index contributed by atoms with van der Waals surface area (Å²) < 4.78 is 11.6. The lowest BCUT2D eigenvalue weighted by Gasteiger charge is -2.08. The summed E-state index contributed by atoms with van der Waals surface area (Å²) in [6, 6.07) is 5.97. The van der Waals surface area contributed by atoms with Crippen LogP contribution in [-0.2, 0) is 0 Å². The molecular formula is C13H17BrN4O2. The van der Waals surface area contributed by atoms with Crippen molar-refractivity contribution < 1.29 is 9.15 Å². The molecule has 0 radical (unpaired) electrons. The number of hydrogen-bond donors (Lipinski definition) is 2. The van der Waals surface area contributed by atoms with Crippen LogP contribution < -0.4 is 15.4 Å². The Morgan fingerprint density at radius 1 is 1.40 bits per heavy atom. The first-order valence-corrected chi connectivity index (χ1v) is 7.10. The molecule has 0 saturated carbocycles. The molecule has 0 aliphatic carbocycles. The molecule has 1 aromatic heterocycles. The molecule has 0 aliphatic rings. The molecule has 2 aromatic rings. The maximum atomic E-state index is 5.57. The summed E-state index contributed by atoms with van der Waals surface area (Å²) in [5.74, 6) is 1.30. The zero-order valence-electron chi connectivity index (χ0n) is 11.6. The molecule has 0 spiro atoms. The predicted octanol–water partition coefficient (Wildman–Crippen LogP) is 3.25. The number of nitrogens with zero attached hydrogens (tertiary/aromatic N) is 2. The van der Waals surface area contributed by atoms with Crippen LogP contribution in [0.4, 0.5) is 11.7 Å². The second kappa shape index (κ2) is 6.71. The molecule has 0 aliphatic heterocycles. The minimum absolute atomic E-state index is 0.0248. The van der Waals surface area contributed by atoms with Crippen LogP contribution >= 0.6 is 15.9 Å². The van der Waals surface area contributed by atoms with E-state index in [2.05, 4.69) is 36.8 Å². The van der Waals surface area contributed by atoms with Gasteiger partial charge < -0.3 is 19.8 Å². The number of ether oxygens (including phenoxy) is 1. The molecule has 0 saturated heterocycles. The topological polar surface area (TPSA) is 72.2 Å². The van der Waals surface area contributed by atoms with Gasteiger partial charge in [-0.05, 0) is 41.5 Å². The fourth-order valence-electron chi connectivity index (χ4n) is 1.70. The van der Waals surface area contributed by atoms with Gasteiger partial charge in [-0.3, -0.25) is 0 Å². The van der Waals surface area contributed by atoms with Crippen LogP contribution in [0.25, 0.3) is 0 Å². The number of hydrogen-bond acceptors (Lipinski definition) is 6. The molecule has 108 valence electrons. The maximum absolute atomic E-state index is 5.57. The average Bonchev–Trinajstić information content (AvgIpc) is 2.90. The number of anilines is 2. The van der Waals surface area contributed by atoms with Gasteiger partial charge in [-0.25, -0.2) is 0 Å². The van der Waals surface area contributed by atoms with Crippen LogP contribution in [0.3, 0.4) is 0 Å². The van der Waals surface area contributed by atoms with E-state index in [0.717, 1.165) is 22.5 Å². The second-order valence-electron chi connectivity index (χ2n) is 4.20. The molecule has 6 nitrogen and oxygen atoms in total. The van der Waals surface area contributed by atoms with Crippen LogP contribution in [0.1, 0.15) is 25.8 Å². The second-order valence-corrected chi connectivity index (χ2v) is 5.05. The molecule has 1 aromatic carbocycles. The minimum Gasteiger partial charge on any atom is -0.497 e. The highest BCUT2D eigenvalue weighted by Gasteiger charge is 2.13. The van der Waals surface area contributed by atoms with Crippen molar-refractivity contribution in [1.29, 1.82) is 0 Å². The van der Waals surface area contributed by atoms with Crippen molar-refractivity contribution in [2.45, 2.75) is 19.9 Å². The lowest BCUT2D eigenvalue weighted by Crippen LogP contribution is -2.17. The lowest BCUT2D eigenvalue weighted by atomic mass is 10.3. The summed E-state index contributed by atoms with van der Waals surface area (Å²) in [5, 5.41) is 14.3. The van der Waals surface area contributed by atoms with Gasteiger partial charge in [-0.2, -0.15) is 0 Å². The number of halogens is 1. The van der Waals surface area contributed by atoms with E-state index in [1.807, 2.05) is 32.0 Å². The van der Waals surface area contributed by atoms with E-state index in [1.54, 1.807) is 7.11 Å².